The second-order valence-corrected chi connectivity index (χ2v) is 7.79. The highest BCUT2D eigenvalue weighted by Gasteiger charge is 2.25. The number of halogens is 1. The predicted molar refractivity (Wildman–Crippen MR) is 108 cm³/mol. The molecular formula is C22H22BrN2O+. The molecule has 0 spiro atoms. The maximum atomic E-state index is 13.0. The van der Waals surface area contributed by atoms with E-state index in [0.29, 0.717) is 0 Å². The van der Waals surface area contributed by atoms with Crippen molar-refractivity contribution in [3.05, 3.63) is 82.3 Å². The van der Waals surface area contributed by atoms with E-state index >= 15 is 0 Å². The molecule has 0 saturated carbocycles. The molecule has 0 aliphatic carbocycles. The molecule has 3 nitrogen and oxygen atoms in total. The Morgan fingerprint density at radius 3 is 2.50 bits per heavy atom. The molecule has 0 atom stereocenters. The molecule has 1 heterocycles. The van der Waals surface area contributed by atoms with Crippen molar-refractivity contribution in [1.29, 1.82) is 0 Å². The number of carbonyl (C=O) groups excluding carboxylic acids is 1. The molecule has 4 heteroatoms. The third-order valence-electron chi connectivity index (χ3n) is 5.12. The molecule has 0 aromatic heterocycles. The molecule has 3 aromatic carbocycles. The second kappa shape index (κ2) is 7.60. The first-order valence-electron chi connectivity index (χ1n) is 9.06. The number of carbonyl (C=O) groups is 1. The number of nitrogens with one attached hydrogen (secondary N) is 1. The molecular weight excluding hydrogens is 388 g/mol. The van der Waals surface area contributed by atoms with E-state index in [0.717, 1.165) is 53.5 Å². The fourth-order valence-corrected chi connectivity index (χ4v) is 4.17. The second-order valence-electron chi connectivity index (χ2n) is 6.88. The van der Waals surface area contributed by atoms with Crippen molar-refractivity contribution in [3.63, 3.8) is 0 Å². The van der Waals surface area contributed by atoms with Gasteiger partial charge < -0.3 is 9.80 Å². The summed E-state index contributed by atoms with van der Waals surface area (Å²) in [6.07, 6.45) is 0. The molecule has 1 saturated heterocycles. The summed E-state index contributed by atoms with van der Waals surface area (Å²) in [5.74, 6) is 0.156. The van der Waals surface area contributed by atoms with Crippen molar-refractivity contribution in [2.45, 2.75) is 6.54 Å². The van der Waals surface area contributed by atoms with E-state index in [9.17, 15) is 4.79 Å². The minimum atomic E-state index is 0.156. The minimum Gasteiger partial charge on any atom is -0.328 e. The number of piperazine rings is 1. The van der Waals surface area contributed by atoms with E-state index in [1.165, 1.54) is 10.5 Å². The summed E-state index contributed by atoms with van der Waals surface area (Å²) in [7, 11) is 0. The van der Waals surface area contributed by atoms with Crippen LogP contribution in [0.15, 0.2) is 71.2 Å². The highest BCUT2D eigenvalue weighted by atomic mass is 79.9. The van der Waals surface area contributed by atoms with Crippen LogP contribution in [-0.4, -0.2) is 37.0 Å². The van der Waals surface area contributed by atoms with Gasteiger partial charge in [0.05, 0.1) is 26.2 Å². The van der Waals surface area contributed by atoms with E-state index in [1.807, 2.05) is 35.2 Å². The van der Waals surface area contributed by atoms with Crippen LogP contribution in [0.4, 0.5) is 0 Å². The van der Waals surface area contributed by atoms with Gasteiger partial charge in [-0.05, 0) is 29.0 Å². The molecule has 4 rings (SSSR count). The van der Waals surface area contributed by atoms with Gasteiger partial charge in [0.1, 0.15) is 6.54 Å². The normalized spacial score (nSPS) is 15.3. The Kier molecular flexibility index (Phi) is 5.05. The van der Waals surface area contributed by atoms with E-state index < -0.39 is 0 Å². The number of hydrogen-bond acceptors (Lipinski definition) is 1. The SMILES string of the molecule is O=C(c1cccc2ccccc12)N1CC[NH+](Cc2cccc(Br)c2)CC1. The number of rotatable bonds is 3. The fraction of sp³-hybridized carbons (Fsp3) is 0.227. The molecule has 1 fully saturated rings. The molecule has 1 aliphatic rings. The van der Waals surface area contributed by atoms with Crippen molar-refractivity contribution in [3.8, 4) is 0 Å². The molecule has 0 bridgehead atoms. The molecule has 132 valence electrons. The van der Waals surface area contributed by atoms with Crippen LogP contribution in [0.5, 0.6) is 0 Å². The highest BCUT2D eigenvalue weighted by Crippen LogP contribution is 2.20. The molecule has 3 aromatic rings. The number of nitrogens with zero attached hydrogens (tertiary/aromatic N) is 1. The van der Waals surface area contributed by atoms with Gasteiger partial charge in [-0.2, -0.15) is 0 Å². The number of hydrogen-bond donors (Lipinski definition) is 1. The van der Waals surface area contributed by atoms with Crippen molar-refractivity contribution in [1.82, 2.24) is 4.90 Å². The smallest absolute Gasteiger partial charge is 0.254 e. The van der Waals surface area contributed by atoms with E-state index in [-0.39, 0.29) is 5.91 Å². The average Bonchev–Trinajstić information content (AvgIpc) is 2.68. The Hall–Kier alpha value is -2.17. The van der Waals surface area contributed by atoms with Gasteiger partial charge in [0, 0.05) is 15.6 Å². The maximum Gasteiger partial charge on any atom is 0.254 e. The van der Waals surface area contributed by atoms with Crippen LogP contribution in [0.2, 0.25) is 0 Å². The lowest BCUT2D eigenvalue weighted by Crippen LogP contribution is -3.13. The monoisotopic (exact) mass is 409 g/mol. The third kappa shape index (κ3) is 3.67. The van der Waals surface area contributed by atoms with Crippen molar-refractivity contribution in [2.75, 3.05) is 26.2 Å². The third-order valence-corrected chi connectivity index (χ3v) is 5.61. The van der Waals surface area contributed by atoms with Gasteiger partial charge in [-0.3, -0.25) is 4.79 Å². The van der Waals surface area contributed by atoms with Crippen molar-refractivity contribution >= 4 is 32.6 Å². The lowest BCUT2D eigenvalue weighted by atomic mass is 10.0. The summed E-state index contributed by atoms with van der Waals surface area (Å²) < 4.78 is 1.12. The van der Waals surface area contributed by atoms with Gasteiger partial charge in [-0.25, -0.2) is 0 Å². The van der Waals surface area contributed by atoms with Crippen molar-refractivity contribution in [2.24, 2.45) is 0 Å². The van der Waals surface area contributed by atoms with Gasteiger partial charge in [0.2, 0.25) is 0 Å². The molecule has 1 amide bonds. The summed E-state index contributed by atoms with van der Waals surface area (Å²) in [5, 5.41) is 2.17. The lowest BCUT2D eigenvalue weighted by molar-refractivity contribution is -0.917. The van der Waals surface area contributed by atoms with E-state index in [1.54, 1.807) is 0 Å². The number of fused-ring (bicyclic) bond motifs is 1. The largest absolute Gasteiger partial charge is 0.328 e. The standard InChI is InChI=1S/C22H21BrN2O/c23-19-8-3-5-17(15-19)16-24-11-13-25(14-12-24)22(26)21-10-4-7-18-6-1-2-9-20(18)21/h1-10,15H,11-14,16H2/p+1. The summed E-state index contributed by atoms with van der Waals surface area (Å²) in [4.78, 5) is 16.6. The summed E-state index contributed by atoms with van der Waals surface area (Å²) in [6.45, 7) is 4.61. The maximum absolute atomic E-state index is 13.0. The first-order valence-corrected chi connectivity index (χ1v) is 9.85. The van der Waals surface area contributed by atoms with Crippen LogP contribution in [0.25, 0.3) is 10.8 Å². The molecule has 26 heavy (non-hydrogen) atoms. The summed E-state index contributed by atoms with van der Waals surface area (Å²) in [6, 6.07) is 22.6. The quantitative estimate of drug-likeness (QED) is 0.705. The Morgan fingerprint density at radius 1 is 0.962 bits per heavy atom. The topological polar surface area (TPSA) is 24.8 Å². The first kappa shape index (κ1) is 17.3. The predicted octanol–water partition coefficient (Wildman–Crippen LogP) is 3.14. The Labute approximate surface area is 162 Å². The van der Waals surface area contributed by atoms with Crippen LogP contribution in [0.1, 0.15) is 15.9 Å². The zero-order chi connectivity index (χ0) is 17.9. The minimum absolute atomic E-state index is 0.156. The number of benzene rings is 3. The van der Waals surface area contributed by atoms with Gasteiger partial charge in [-0.15, -0.1) is 0 Å². The van der Waals surface area contributed by atoms with Crippen LogP contribution in [-0.2, 0) is 6.54 Å². The lowest BCUT2D eigenvalue weighted by Gasteiger charge is -2.32. The van der Waals surface area contributed by atoms with Crippen LogP contribution >= 0.6 is 15.9 Å². The Morgan fingerprint density at radius 2 is 1.69 bits per heavy atom. The van der Waals surface area contributed by atoms with Crippen LogP contribution in [0, 0.1) is 0 Å². The van der Waals surface area contributed by atoms with Gasteiger partial charge >= 0.3 is 0 Å². The molecule has 0 radical (unpaired) electrons. The zero-order valence-corrected chi connectivity index (χ0v) is 16.2. The Balaban J connectivity index is 1.43. The fourth-order valence-electron chi connectivity index (χ4n) is 3.72. The van der Waals surface area contributed by atoms with E-state index in [2.05, 4.69) is 52.3 Å². The summed E-state index contributed by atoms with van der Waals surface area (Å²) in [5.41, 5.74) is 2.15. The van der Waals surface area contributed by atoms with Gasteiger partial charge in [0.25, 0.3) is 5.91 Å². The van der Waals surface area contributed by atoms with E-state index in [4.69, 9.17) is 0 Å². The average molecular weight is 410 g/mol. The number of amides is 1. The summed E-state index contributed by atoms with van der Waals surface area (Å²) >= 11 is 3.54. The van der Waals surface area contributed by atoms with Gasteiger partial charge in [0.15, 0.2) is 0 Å². The molecule has 1 N–H and O–H groups in total. The zero-order valence-electron chi connectivity index (χ0n) is 14.6. The van der Waals surface area contributed by atoms with Crippen LogP contribution < -0.4 is 4.90 Å². The Bertz CT molecular complexity index is 927. The first-order chi connectivity index (χ1) is 12.7. The van der Waals surface area contributed by atoms with Crippen molar-refractivity contribution < 1.29 is 9.69 Å². The number of quaternary nitrogens is 1. The van der Waals surface area contributed by atoms with Crippen LogP contribution in [0.3, 0.4) is 0 Å². The van der Waals surface area contributed by atoms with Gasteiger partial charge in [-0.1, -0.05) is 64.5 Å². The molecule has 0 unspecified atom stereocenters. The molecule has 1 aliphatic heterocycles. The highest BCUT2D eigenvalue weighted by molar-refractivity contribution is 9.10.